The molecule has 5 aliphatic rings. The number of fused-ring (bicyclic) bond motifs is 1. The van der Waals surface area contributed by atoms with Crippen LogP contribution in [0.2, 0.25) is 0 Å². The molecule has 3 nitrogen and oxygen atoms in total. The largest absolute Gasteiger partial charge is 0.289 e. The van der Waals surface area contributed by atoms with E-state index in [1.807, 2.05) is 0 Å². The van der Waals surface area contributed by atoms with Crippen LogP contribution >= 0.6 is 0 Å². The molecule has 0 atom stereocenters. The molecule has 4 aliphatic carbocycles. The number of allylic oxidation sites excluding steroid dienone is 1. The van der Waals surface area contributed by atoms with Gasteiger partial charge in [0.25, 0.3) is 0 Å². The molecule has 1 aromatic rings. The zero-order valence-corrected chi connectivity index (χ0v) is 14.8. The van der Waals surface area contributed by atoms with Gasteiger partial charge in [0, 0.05) is 18.0 Å². The van der Waals surface area contributed by atoms with Gasteiger partial charge in [0.05, 0.1) is 0 Å². The van der Waals surface area contributed by atoms with Crippen molar-refractivity contribution in [1.82, 2.24) is 14.8 Å². The van der Waals surface area contributed by atoms with Crippen LogP contribution in [0.4, 0.5) is 0 Å². The van der Waals surface area contributed by atoms with E-state index in [0.717, 1.165) is 30.6 Å². The van der Waals surface area contributed by atoms with Crippen molar-refractivity contribution in [1.29, 1.82) is 0 Å². The topological polar surface area (TPSA) is 30.7 Å². The number of rotatable bonds is 1. The third kappa shape index (κ3) is 2.15. The summed E-state index contributed by atoms with van der Waals surface area (Å²) in [6.07, 6.45) is 13.1. The predicted octanol–water partition coefficient (Wildman–Crippen LogP) is 4.58. The molecule has 124 valence electrons. The van der Waals surface area contributed by atoms with Gasteiger partial charge in [-0.3, -0.25) is 4.57 Å². The minimum atomic E-state index is 0.292. The first-order chi connectivity index (χ1) is 10.9. The SMILES string of the molecule is CC1=Cn2c(nnc2C23CC4CC(CC(C4)C2)C3)CC(C)(C)C1. The predicted molar refractivity (Wildman–Crippen MR) is 91.9 cm³/mol. The minimum Gasteiger partial charge on any atom is -0.289 e. The van der Waals surface area contributed by atoms with Crippen molar-refractivity contribution < 1.29 is 0 Å². The molecule has 0 N–H and O–H groups in total. The monoisotopic (exact) mass is 311 g/mol. The molecular formula is C20H29N3. The van der Waals surface area contributed by atoms with Crippen molar-refractivity contribution >= 4 is 6.20 Å². The number of hydrogen-bond donors (Lipinski definition) is 0. The highest BCUT2D eigenvalue weighted by molar-refractivity contribution is 5.38. The second-order valence-corrected chi connectivity index (χ2v) is 10.0. The molecule has 6 rings (SSSR count). The van der Waals surface area contributed by atoms with Crippen LogP contribution in [0.5, 0.6) is 0 Å². The van der Waals surface area contributed by atoms with Crippen molar-refractivity contribution in [2.45, 2.75) is 77.6 Å². The van der Waals surface area contributed by atoms with Gasteiger partial charge in [-0.25, -0.2) is 0 Å². The third-order valence-electron chi connectivity index (χ3n) is 7.02. The minimum absolute atomic E-state index is 0.292. The molecule has 0 aromatic carbocycles. The van der Waals surface area contributed by atoms with E-state index in [-0.39, 0.29) is 0 Å². The van der Waals surface area contributed by atoms with Gasteiger partial charge in [0.15, 0.2) is 0 Å². The summed E-state index contributed by atoms with van der Waals surface area (Å²) < 4.78 is 2.41. The summed E-state index contributed by atoms with van der Waals surface area (Å²) in [4.78, 5) is 0. The van der Waals surface area contributed by atoms with Crippen LogP contribution in [0.3, 0.4) is 0 Å². The van der Waals surface area contributed by atoms with Crippen LogP contribution in [0, 0.1) is 23.2 Å². The van der Waals surface area contributed by atoms with Crippen molar-refractivity contribution in [2.75, 3.05) is 0 Å². The molecule has 4 fully saturated rings. The Bertz CT molecular complexity index is 644. The first kappa shape index (κ1) is 14.2. The van der Waals surface area contributed by atoms with Crippen molar-refractivity contribution in [2.24, 2.45) is 23.2 Å². The van der Waals surface area contributed by atoms with Crippen LogP contribution < -0.4 is 0 Å². The van der Waals surface area contributed by atoms with Crippen LogP contribution in [0.1, 0.15) is 77.4 Å². The lowest BCUT2D eigenvalue weighted by molar-refractivity contribution is -0.0101. The molecule has 2 heterocycles. The fraction of sp³-hybridized carbons (Fsp3) is 0.800. The summed E-state index contributed by atoms with van der Waals surface area (Å²) in [7, 11) is 0. The first-order valence-electron chi connectivity index (χ1n) is 9.54. The molecular weight excluding hydrogens is 282 g/mol. The van der Waals surface area contributed by atoms with Gasteiger partial charge in [-0.05, 0) is 75.0 Å². The molecule has 0 spiro atoms. The van der Waals surface area contributed by atoms with E-state index in [9.17, 15) is 0 Å². The molecule has 23 heavy (non-hydrogen) atoms. The summed E-state index contributed by atoms with van der Waals surface area (Å²) in [5.74, 6) is 5.38. The molecule has 0 unspecified atom stereocenters. The molecule has 0 radical (unpaired) electrons. The Morgan fingerprint density at radius 3 is 2.17 bits per heavy atom. The molecule has 0 saturated heterocycles. The molecule has 0 amide bonds. The second kappa shape index (κ2) is 4.49. The summed E-state index contributed by atoms with van der Waals surface area (Å²) in [6.45, 7) is 7.00. The van der Waals surface area contributed by atoms with Gasteiger partial charge in [-0.1, -0.05) is 19.4 Å². The number of aromatic nitrogens is 3. The maximum absolute atomic E-state index is 4.80. The number of hydrogen-bond acceptors (Lipinski definition) is 2. The van der Waals surface area contributed by atoms with E-state index in [0.29, 0.717) is 10.8 Å². The summed E-state index contributed by atoms with van der Waals surface area (Å²) in [5, 5.41) is 9.47. The Morgan fingerprint density at radius 2 is 1.57 bits per heavy atom. The van der Waals surface area contributed by atoms with Crippen LogP contribution in [-0.4, -0.2) is 14.8 Å². The van der Waals surface area contributed by atoms with E-state index in [2.05, 4.69) is 36.6 Å². The highest BCUT2D eigenvalue weighted by Crippen LogP contribution is 2.60. The average molecular weight is 311 g/mol. The highest BCUT2D eigenvalue weighted by atomic mass is 15.3. The summed E-state index contributed by atoms with van der Waals surface area (Å²) >= 11 is 0. The normalized spacial score (nSPS) is 40.7. The van der Waals surface area contributed by atoms with Gasteiger partial charge >= 0.3 is 0 Å². The van der Waals surface area contributed by atoms with Crippen molar-refractivity contribution in [3.63, 3.8) is 0 Å². The van der Waals surface area contributed by atoms with E-state index in [1.54, 1.807) is 0 Å². The van der Waals surface area contributed by atoms with Gasteiger partial charge in [0.2, 0.25) is 0 Å². The fourth-order valence-electron chi connectivity index (χ4n) is 6.84. The van der Waals surface area contributed by atoms with Gasteiger partial charge in [0.1, 0.15) is 11.6 Å². The van der Waals surface area contributed by atoms with Gasteiger partial charge in [-0.2, -0.15) is 0 Å². The Morgan fingerprint density at radius 1 is 0.957 bits per heavy atom. The van der Waals surface area contributed by atoms with Gasteiger partial charge in [-0.15, -0.1) is 10.2 Å². The maximum Gasteiger partial charge on any atom is 0.143 e. The number of nitrogens with zero attached hydrogens (tertiary/aromatic N) is 3. The Hall–Kier alpha value is -1.12. The van der Waals surface area contributed by atoms with Crippen molar-refractivity contribution in [3.8, 4) is 0 Å². The Kier molecular flexibility index (Phi) is 2.78. The Labute approximate surface area is 139 Å². The molecule has 3 heteroatoms. The smallest absolute Gasteiger partial charge is 0.143 e. The fourth-order valence-corrected chi connectivity index (χ4v) is 6.84. The lowest BCUT2D eigenvalue weighted by Crippen LogP contribution is -2.49. The zero-order chi connectivity index (χ0) is 15.8. The van der Waals surface area contributed by atoms with Crippen LogP contribution in [0.25, 0.3) is 6.20 Å². The van der Waals surface area contributed by atoms with E-state index in [1.165, 1.54) is 55.7 Å². The van der Waals surface area contributed by atoms with Gasteiger partial charge < -0.3 is 0 Å². The molecule has 1 aliphatic heterocycles. The first-order valence-corrected chi connectivity index (χ1v) is 9.54. The van der Waals surface area contributed by atoms with Crippen molar-refractivity contribution in [3.05, 3.63) is 17.2 Å². The van der Waals surface area contributed by atoms with E-state index >= 15 is 0 Å². The summed E-state index contributed by atoms with van der Waals surface area (Å²) in [5.41, 5.74) is 2.10. The molecule has 1 aromatic heterocycles. The second-order valence-electron chi connectivity index (χ2n) is 10.0. The lowest BCUT2D eigenvalue weighted by atomic mass is 9.49. The maximum atomic E-state index is 4.80. The Balaban J connectivity index is 1.61. The molecule has 4 saturated carbocycles. The lowest BCUT2D eigenvalue weighted by Gasteiger charge is -2.56. The average Bonchev–Trinajstić information content (AvgIpc) is 2.74. The van der Waals surface area contributed by atoms with Crippen LogP contribution in [0.15, 0.2) is 5.57 Å². The van der Waals surface area contributed by atoms with Crippen LogP contribution in [-0.2, 0) is 11.8 Å². The molecule has 4 bridgehead atoms. The van der Waals surface area contributed by atoms with E-state index in [4.69, 9.17) is 5.10 Å². The third-order valence-corrected chi connectivity index (χ3v) is 7.02. The standard InChI is InChI=1S/C20H29N3/c1-13-7-19(2,3)11-17-21-22-18(23(17)12-13)20-8-14-4-15(9-20)6-16(5-14)10-20/h12,14-16H,4-11H2,1-3H3. The summed E-state index contributed by atoms with van der Waals surface area (Å²) in [6, 6.07) is 0. The van der Waals surface area contributed by atoms with E-state index < -0.39 is 0 Å². The zero-order valence-electron chi connectivity index (χ0n) is 14.8. The quantitative estimate of drug-likeness (QED) is 0.760. The highest BCUT2D eigenvalue weighted by Gasteiger charge is 2.54.